The number of nitrogens with zero attached hydrogens (tertiary/aromatic N) is 6. The van der Waals surface area contributed by atoms with Crippen LogP contribution in [0.5, 0.6) is 23.0 Å². The molecule has 10 rings (SSSR count). The van der Waals surface area contributed by atoms with Gasteiger partial charge in [0.2, 0.25) is 0 Å². The van der Waals surface area contributed by atoms with Gasteiger partial charge in [-0.15, -0.1) is 23.0 Å². The summed E-state index contributed by atoms with van der Waals surface area (Å²) in [6.07, 6.45) is 53.6. The molecule has 0 aliphatic carbocycles. The van der Waals surface area contributed by atoms with Gasteiger partial charge in [-0.25, -0.2) is 0 Å². The van der Waals surface area contributed by atoms with E-state index in [9.17, 15) is 20.4 Å². The van der Waals surface area contributed by atoms with Crippen molar-refractivity contribution in [2.75, 3.05) is 0 Å². The molecule has 10 aromatic carbocycles. The summed E-state index contributed by atoms with van der Waals surface area (Å²) in [7, 11) is -2.46. The Morgan fingerprint density at radius 3 is 0.857 bits per heavy atom. The first-order valence-electron chi connectivity index (χ1n) is 54.9. The van der Waals surface area contributed by atoms with Crippen LogP contribution < -0.4 is 20.4 Å². The van der Waals surface area contributed by atoms with Crippen molar-refractivity contribution in [1.29, 1.82) is 0 Å². The molecule has 0 aliphatic rings. The van der Waals surface area contributed by atoms with Crippen molar-refractivity contribution in [3.8, 4) is 23.0 Å². The maximum absolute atomic E-state index is 11.9. The zero-order valence-corrected chi connectivity index (χ0v) is 94.6. The quantitative estimate of drug-likeness (QED) is 0.0210. The molecule has 0 aromatic heterocycles. The van der Waals surface area contributed by atoms with Crippen LogP contribution in [0.4, 0.5) is 34.1 Å². The van der Waals surface area contributed by atoms with E-state index < -0.39 is 33.4 Å². The van der Waals surface area contributed by atoms with Gasteiger partial charge in [0.25, 0.3) is 0 Å². The van der Waals surface area contributed by atoms with Gasteiger partial charge in [0.15, 0.2) is 0 Å². The number of hydrogen-bond acceptors (Lipinski definition) is 10. The molecule has 10 aromatic rings. The molecule has 0 saturated heterocycles. The summed E-state index contributed by atoms with van der Waals surface area (Å²) in [5.41, 5.74) is 32.0. The van der Waals surface area contributed by atoms with Gasteiger partial charge >= 0.3 is 16.5 Å². The van der Waals surface area contributed by atoms with Gasteiger partial charge in [-0.1, -0.05) is 344 Å². The Labute approximate surface area is 863 Å². The minimum atomic E-state index is -1.26. The molecule has 0 saturated carbocycles. The normalized spacial score (nSPS) is 12.0. The molecule has 13 heteroatoms. The van der Waals surface area contributed by atoms with Crippen LogP contribution in [0.15, 0.2) is 188 Å². The summed E-state index contributed by atoms with van der Waals surface area (Å²) in [4.78, 5) is 29.9. The van der Waals surface area contributed by atoms with E-state index in [1.807, 2.05) is 30.8 Å². The Hall–Kier alpha value is -9.13. The van der Waals surface area contributed by atoms with E-state index in [4.69, 9.17) is 30.0 Å². The molecule has 0 radical (unpaired) electrons. The number of fused-ring (bicyclic) bond motifs is 2. The Morgan fingerprint density at radius 1 is 0.250 bits per heavy atom. The van der Waals surface area contributed by atoms with Crippen molar-refractivity contribution in [2.24, 2.45) is 30.0 Å². The molecule has 10 nitrogen and oxygen atoms in total. The van der Waals surface area contributed by atoms with E-state index in [-0.39, 0.29) is 22.2 Å². The first-order chi connectivity index (χ1) is 67.0. The van der Waals surface area contributed by atoms with Crippen molar-refractivity contribution in [1.82, 2.24) is 0 Å². The van der Waals surface area contributed by atoms with Crippen LogP contribution >= 0.6 is 0 Å². The van der Waals surface area contributed by atoms with Crippen molar-refractivity contribution >= 4 is 108 Å². The molecule has 0 atom stereocenters. The van der Waals surface area contributed by atoms with Gasteiger partial charge in [0, 0.05) is 34.8 Å². The molecule has 0 amide bonds. The van der Waals surface area contributed by atoms with Crippen molar-refractivity contribution in [3.63, 3.8) is 0 Å². The minimum Gasteiger partial charge on any atom is -0.873 e. The predicted octanol–water partition coefficient (Wildman–Crippen LogP) is 35.5. The topological polar surface area (TPSA) is 166 Å². The fourth-order valence-corrected chi connectivity index (χ4v) is 21.3. The van der Waals surface area contributed by atoms with Crippen molar-refractivity contribution < 1.29 is 36.9 Å². The molecule has 0 N–H and O–H groups in total. The van der Waals surface area contributed by atoms with E-state index in [2.05, 4.69) is 278 Å². The Morgan fingerprint density at radius 2 is 0.521 bits per heavy atom. The molecular formula is C127H182N6NiO4Si2-2. The van der Waals surface area contributed by atoms with E-state index >= 15 is 0 Å². The van der Waals surface area contributed by atoms with Crippen LogP contribution in [0.3, 0.4) is 0 Å². The molecule has 0 bridgehead atoms. The standard InChI is InChI=1S/C36H56N2.2C30H44N2.C16H22O2Si.C15H20O2Si.Ni/c1-6-11-16-17-22-36(38-35-26-24-31(19-13-8-3)33(28-35)21-15-10-5)29-37-34-25-23-30(18-12-7-2)32(27-34)20-14-9-4;2*1-6-11-12-13-14-15-16-30(32-29-20-18-25(8-3)27(10-5)22-29)23-31-28-19-17-24(7-2)26(9-4)21-28;1-5-11-6-12-8-15(17)16(18)9-13(12)7-14(11)10-19(2,3)4;1-10-5-6-12-11(7-8-14(16)15(12)17)13(10)9-18(2,3)4;/h23-29H,6-22H2,1-5H3;2*17-23H,6-16H2,1-5H3;6-9,17-18H,5,10H2,1-4H3;5-8,16-17H,9H2,1-4H3;/q;;;;;+2/p-4. The first-order valence-corrected chi connectivity index (χ1v) is 62.3. The number of unbranched alkanes of at least 4 members (excludes halogenated alkanes) is 17. The number of hydrogen-bond donors (Lipinski definition) is 0. The van der Waals surface area contributed by atoms with Gasteiger partial charge < -0.3 is 20.4 Å². The zero-order chi connectivity index (χ0) is 101. The van der Waals surface area contributed by atoms with E-state index in [1.54, 1.807) is 6.07 Å². The second-order valence-corrected chi connectivity index (χ2v) is 51.8. The summed E-state index contributed by atoms with van der Waals surface area (Å²) < 4.78 is 0. The smallest absolute Gasteiger partial charge is 0.873 e. The second-order valence-electron chi connectivity index (χ2n) is 40.8. The summed E-state index contributed by atoms with van der Waals surface area (Å²) >= 11 is 0. The summed E-state index contributed by atoms with van der Waals surface area (Å²) in [5.74, 6) is -1.60. The van der Waals surface area contributed by atoms with Crippen molar-refractivity contribution in [3.05, 3.63) is 247 Å². The Bertz CT molecular complexity index is 5360. The first kappa shape index (κ1) is 121. The van der Waals surface area contributed by atoms with Gasteiger partial charge in [-0.3, -0.25) is 30.0 Å². The largest absolute Gasteiger partial charge is 2.00 e. The fourth-order valence-electron chi connectivity index (χ4n) is 18.3. The third-order valence-corrected chi connectivity index (χ3v) is 29.5. The molecule has 764 valence electrons. The molecule has 0 fully saturated rings. The summed E-state index contributed by atoms with van der Waals surface area (Å²) in [6, 6.07) is 56.5. The van der Waals surface area contributed by atoms with Gasteiger partial charge in [0.1, 0.15) is 0 Å². The number of rotatable bonds is 53. The van der Waals surface area contributed by atoms with Crippen LogP contribution in [-0.4, -0.2) is 51.9 Å². The molecular weight excluding hydrogens is 1790 g/mol. The predicted molar refractivity (Wildman–Crippen MR) is 613 cm³/mol. The number of benzene rings is 10. The average molecular weight is 1970 g/mol. The third-order valence-electron chi connectivity index (χ3n) is 26.6. The van der Waals surface area contributed by atoms with Crippen LogP contribution in [0.2, 0.25) is 39.3 Å². The van der Waals surface area contributed by atoms with Gasteiger partial charge in [-0.2, -0.15) is 0 Å². The number of aryl methyl sites for hydroxylation is 14. The van der Waals surface area contributed by atoms with E-state index in [0.717, 1.165) is 169 Å². The minimum absolute atomic E-state index is 0. The van der Waals surface area contributed by atoms with E-state index in [1.165, 1.54) is 274 Å². The van der Waals surface area contributed by atoms with Crippen LogP contribution in [-0.2, 0) is 112 Å². The average Bonchev–Trinajstić information content (AvgIpc) is 0.793. The molecule has 0 unspecified atom stereocenters. The fraction of sp³-hybridized carbons (Fsp3) is 0.512. The van der Waals surface area contributed by atoms with Gasteiger partial charge in [0.05, 0.1) is 51.3 Å². The Balaban J connectivity index is 0.000000315. The third kappa shape index (κ3) is 43.6. The molecule has 0 spiro atoms. The molecule has 0 heterocycles. The van der Waals surface area contributed by atoms with Crippen LogP contribution in [0.1, 0.15) is 373 Å². The summed E-state index contributed by atoms with van der Waals surface area (Å²) in [5, 5.41) is 49.5. The molecule has 0 aliphatic heterocycles. The summed E-state index contributed by atoms with van der Waals surface area (Å²) in [6.45, 7) is 51.9. The second kappa shape index (κ2) is 67.4. The SMILES string of the molecule is CCCCCCC(C=Nc1ccc(CCCC)c(CCCC)c1)=Nc1ccc(CCCC)c(CCCC)c1.CCCCCCCCC(C=Nc1ccc(CC)c(CC)c1)=Nc1ccc(CC)c(CC)c1.CCCCCCCCC(C=Nc1ccc(CC)c(CC)c1)=Nc1ccc(CC)c(CC)c1.CCc1cc2cc([O-])c([O-])cc2cc1C[Si](C)(C)C.Cc1ccc2c([O-])c([O-])ccc2c1C[Si](C)(C)C.[Ni+2]. The van der Waals surface area contributed by atoms with Crippen LogP contribution in [0.25, 0.3) is 21.5 Å². The molecule has 140 heavy (non-hydrogen) atoms. The monoisotopic (exact) mass is 1970 g/mol. The zero-order valence-electron chi connectivity index (χ0n) is 91.6. The van der Waals surface area contributed by atoms with E-state index in [0.29, 0.717) is 5.39 Å². The Kier molecular flexibility index (Phi) is 58.4. The number of aliphatic imine (C=N–C) groups is 6. The van der Waals surface area contributed by atoms with Crippen LogP contribution in [0, 0.1) is 6.92 Å². The van der Waals surface area contributed by atoms with Crippen molar-refractivity contribution in [2.45, 2.75) is 426 Å². The van der Waals surface area contributed by atoms with Gasteiger partial charge in [-0.05, 0) is 350 Å². The maximum atomic E-state index is 11.9. The maximum Gasteiger partial charge on any atom is 2.00 e.